The van der Waals surface area contributed by atoms with Crippen LogP contribution < -0.4 is 5.32 Å². The first-order chi connectivity index (χ1) is 8.53. The van der Waals surface area contributed by atoms with Gasteiger partial charge < -0.3 is 0 Å². The third-order valence-electron chi connectivity index (χ3n) is 4.25. The Bertz CT molecular complexity index is 465. The zero-order valence-corrected chi connectivity index (χ0v) is 9.90. The van der Waals surface area contributed by atoms with Gasteiger partial charge in [0.15, 0.2) is 0 Å². The molecular weight excluding hydrogens is 236 g/mol. The van der Waals surface area contributed by atoms with E-state index in [2.05, 4.69) is 5.32 Å². The Kier molecular flexibility index (Phi) is 2.30. The van der Waals surface area contributed by atoms with Crippen LogP contribution in [0.15, 0.2) is 0 Å². The second-order valence-electron chi connectivity index (χ2n) is 5.37. The summed E-state index contributed by atoms with van der Waals surface area (Å²) in [6.07, 6.45) is 3.44. The Balaban J connectivity index is 1.89. The largest absolute Gasteiger partial charge is 0.295 e. The number of nitrogens with one attached hydrogen (secondary N) is 1. The highest BCUT2D eigenvalue weighted by Gasteiger charge is 2.56. The monoisotopic (exact) mass is 250 g/mol. The van der Waals surface area contributed by atoms with Crippen LogP contribution in [0.4, 0.5) is 0 Å². The highest BCUT2D eigenvalue weighted by molar-refractivity contribution is 6.13. The van der Waals surface area contributed by atoms with E-state index < -0.39 is 23.3 Å². The first-order valence-electron chi connectivity index (χ1n) is 6.24. The first kappa shape index (κ1) is 11.4. The maximum absolute atomic E-state index is 12.4. The van der Waals surface area contributed by atoms with Gasteiger partial charge in [-0.2, -0.15) is 0 Å². The number of likely N-dealkylation sites (tertiary alicyclic amines) is 1. The molecule has 2 heterocycles. The molecule has 6 nitrogen and oxygen atoms in total. The summed E-state index contributed by atoms with van der Waals surface area (Å²) in [6.45, 7) is 0. The molecule has 0 aromatic carbocycles. The molecule has 2 aliphatic heterocycles. The van der Waals surface area contributed by atoms with Gasteiger partial charge >= 0.3 is 0 Å². The molecule has 1 atom stereocenters. The van der Waals surface area contributed by atoms with Crippen LogP contribution in [0.2, 0.25) is 0 Å². The summed E-state index contributed by atoms with van der Waals surface area (Å²) in [5, 5.41) is 2.14. The van der Waals surface area contributed by atoms with Crippen molar-refractivity contribution in [3.63, 3.8) is 0 Å². The number of nitrogens with zero attached hydrogens (tertiary/aromatic N) is 1. The lowest BCUT2D eigenvalue weighted by Gasteiger charge is -2.23. The van der Waals surface area contributed by atoms with Gasteiger partial charge in [0.25, 0.3) is 0 Å². The second-order valence-corrected chi connectivity index (χ2v) is 5.37. The summed E-state index contributed by atoms with van der Waals surface area (Å²) >= 11 is 0. The number of rotatable bonds is 1. The van der Waals surface area contributed by atoms with Gasteiger partial charge in [0.1, 0.15) is 6.04 Å². The predicted octanol–water partition coefficient (Wildman–Crippen LogP) is -0.279. The van der Waals surface area contributed by atoms with E-state index in [1.165, 1.54) is 0 Å². The summed E-state index contributed by atoms with van der Waals surface area (Å²) < 4.78 is 0. The van der Waals surface area contributed by atoms with Crippen LogP contribution in [-0.4, -0.2) is 34.6 Å². The van der Waals surface area contributed by atoms with Crippen molar-refractivity contribution in [2.75, 3.05) is 0 Å². The molecule has 4 amide bonds. The van der Waals surface area contributed by atoms with Crippen molar-refractivity contribution in [3.8, 4) is 0 Å². The molecular formula is C12H14N2O4. The topological polar surface area (TPSA) is 83.6 Å². The Morgan fingerprint density at radius 1 is 1.11 bits per heavy atom. The van der Waals surface area contributed by atoms with E-state index in [9.17, 15) is 19.2 Å². The fraction of sp³-hybridized carbons (Fsp3) is 0.667. The molecule has 18 heavy (non-hydrogen) atoms. The number of hydrogen-bond acceptors (Lipinski definition) is 4. The molecule has 1 unspecified atom stereocenters. The molecule has 0 radical (unpaired) electrons. The van der Waals surface area contributed by atoms with E-state index in [1.54, 1.807) is 0 Å². The molecule has 3 aliphatic rings. The molecule has 1 aliphatic carbocycles. The van der Waals surface area contributed by atoms with Crippen molar-refractivity contribution in [2.45, 2.75) is 44.6 Å². The smallest absolute Gasteiger partial charge is 0.250 e. The lowest BCUT2D eigenvalue weighted by atomic mass is 9.84. The fourth-order valence-electron chi connectivity index (χ4n) is 3.33. The van der Waals surface area contributed by atoms with Gasteiger partial charge in [0, 0.05) is 6.42 Å². The number of carbonyl (C=O) groups is 4. The highest BCUT2D eigenvalue weighted by Crippen LogP contribution is 2.47. The number of carbonyl (C=O) groups excluding carboxylic acids is 4. The molecule has 3 fully saturated rings. The molecule has 96 valence electrons. The summed E-state index contributed by atoms with van der Waals surface area (Å²) in [4.78, 5) is 48.2. The van der Waals surface area contributed by atoms with Crippen LogP contribution in [0.25, 0.3) is 0 Å². The Morgan fingerprint density at radius 2 is 1.78 bits per heavy atom. The fourth-order valence-corrected chi connectivity index (χ4v) is 3.33. The lowest BCUT2D eigenvalue weighted by Crippen LogP contribution is -2.45. The molecule has 1 spiro atoms. The van der Waals surface area contributed by atoms with Gasteiger partial charge in [0.05, 0.1) is 11.8 Å². The zero-order chi connectivity index (χ0) is 12.9. The summed E-state index contributed by atoms with van der Waals surface area (Å²) in [6, 6.07) is -0.919. The maximum Gasteiger partial charge on any atom is 0.250 e. The molecule has 0 aromatic rings. The average molecular weight is 250 g/mol. The average Bonchev–Trinajstić information content (AvgIpc) is 2.93. The first-order valence-corrected chi connectivity index (χ1v) is 6.24. The quantitative estimate of drug-likeness (QED) is 0.649. The van der Waals surface area contributed by atoms with Crippen LogP contribution in [0.1, 0.15) is 38.5 Å². The summed E-state index contributed by atoms with van der Waals surface area (Å²) in [5.74, 6) is -1.51. The van der Waals surface area contributed by atoms with Crippen LogP contribution >= 0.6 is 0 Å². The third-order valence-corrected chi connectivity index (χ3v) is 4.25. The minimum Gasteiger partial charge on any atom is -0.295 e. The molecule has 1 saturated carbocycles. The van der Waals surface area contributed by atoms with Gasteiger partial charge in [-0.3, -0.25) is 29.4 Å². The molecule has 6 heteroatoms. The Morgan fingerprint density at radius 3 is 2.33 bits per heavy atom. The van der Waals surface area contributed by atoms with E-state index in [0.29, 0.717) is 0 Å². The standard InChI is InChI=1S/C12H14N2O4/c15-8-5-7(10(17)13-8)14-9(16)6-12(11(14)18)3-1-2-4-12/h7H,1-6H2,(H,13,15,17). The summed E-state index contributed by atoms with van der Waals surface area (Å²) in [7, 11) is 0. The van der Waals surface area contributed by atoms with E-state index in [-0.39, 0.29) is 24.7 Å². The van der Waals surface area contributed by atoms with Crippen molar-refractivity contribution >= 4 is 23.6 Å². The van der Waals surface area contributed by atoms with Crippen molar-refractivity contribution in [2.24, 2.45) is 5.41 Å². The van der Waals surface area contributed by atoms with Crippen LogP contribution in [0, 0.1) is 5.41 Å². The Hall–Kier alpha value is -1.72. The van der Waals surface area contributed by atoms with Gasteiger partial charge in [-0.25, -0.2) is 0 Å². The predicted molar refractivity (Wildman–Crippen MR) is 58.9 cm³/mol. The molecule has 1 N–H and O–H groups in total. The van der Waals surface area contributed by atoms with Crippen LogP contribution in [0.5, 0.6) is 0 Å². The summed E-state index contributed by atoms with van der Waals surface area (Å²) in [5.41, 5.74) is -0.580. The van der Waals surface area contributed by atoms with E-state index in [0.717, 1.165) is 30.6 Å². The zero-order valence-electron chi connectivity index (χ0n) is 9.90. The third kappa shape index (κ3) is 1.41. The molecule has 3 rings (SSSR count). The normalized spacial score (nSPS) is 30.7. The lowest BCUT2D eigenvalue weighted by molar-refractivity contribution is -0.147. The van der Waals surface area contributed by atoms with E-state index in [1.807, 2.05) is 0 Å². The highest BCUT2D eigenvalue weighted by atomic mass is 16.2. The minimum atomic E-state index is -0.919. The second kappa shape index (κ2) is 3.63. The van der Waals surface area contributed by atoms with Crippen molar-refractivity contribution < 1.29 is 19.2 Å². The van der Waals surface area contributed by atoms with Crippen molar-refractivity contribution in [1.82, 2.24) is 10.2 Å². The molecule has 0 aromatic heterocycles. The number of hydrogen-bond donors (Lipinski definition) is 1. The van der Waals surface area contributed by atoms with Gasteiger partial charge in [-0.1, -0.05) is 12.8 Å². The van der Waals surface area contributed by atoms with Gasteiger partial charge in [-0.15, -0.1) is 0 Å². The van der Waals surface area contributed by atoms with Crippen LogP contribution in [0.3, 0.4) is 0 Å². The molecule has 0 bridgehead atoms. The maximum atomic E-state index is 12.4. The van der Waals surface area contributed by atoms with Crippen molar-refractivity contribution in [3.05, 3.63) is 0 Å². The van der Waals surface area contributed by atoms with Crippen LogP contribution in [-0.2, 0) is 19.2 Å². The Labute approximate surface area is 104 Å². The minimum absolute atomic E-state index is 0.0909. The van der Waals surface area contributed by atoms with Gasteiger partial charge in [-0.05, 0) is 12.8 Å². The number of imide groups is 2. The SMILES string of the molecule is O=C1CC(N2C(=O)CC3(CCCC3)C2=O)C(=O)N1. The van der Waals surface area contributed by atoms with Gasteiger partial charge in [0.2, 0.25) is 23.6 Å². The number of amides is 4. The van der Waals surface area contributed by atoms with Crippen molar-refractivity contribution in [1.29, 1.82) is 0 Å². The van der Waals surface area contributed by atoms with E-state index in [4.69, 9.17) is 0 Å². The van der Waals surface area contributed by atoms with E-state index >= 15 is 0 Å². The molecule has 2 saturated heterocycles.